The molecule has 0 spiro atoms. The van der Waals surface area contributed by atoms with Crippen molar-refractivity contribution in [3.63, 3.8) is 0 Å². The Morgan fingerprint density at radius 1 is 1.26 bits per heavy atom. The highest BCUT2D eigenvalue weighted by atomic mass is 35.5. The molecule has 1 unspecified atom stereocenters. The van der Waals surface area contributed by atoms with Crippen molar-refractivity contribution in [2.45, 2.75) is 6.42 Å². The minimum Gasteiger partial charge on any atom is -0.482 e. The van der Waals surface area contributed by atoms with Gasteiger partial charge in [-0.25, -0.2) is 4.79 Å². The molecule has 0 fully saturated rings. The zero-order chi connectivity index (χ0) is 16.8. The Bertz CT molecular complexity index is 687. The first-order valence-electron chi connectivity index (χ1n) is 6.85. The summed E-state index contributed by atoms with van der Waals surface area (Å²) in [6.45, 7) is -0.419. The molecule has 0 bridgehead atoms. The molecule has 0 aliphatic heterocycles. The van der Waals surface area contributed by atoms with E-state index in [1.54, 1.807) is 36.4 Å². The molecule has 0 saturated carbocycles. The van der Waals surface area contributed by atoms with Gasteiger partial charge in [0, 0.05) is 16.5 Å². The van der Waals surface area contributed by atoms with E-state index in [0.717, 1.165) is 0 Å². The minimum atomic E-state index is -1.05. The smallest absolute Gasteiger partial charge is 0.341 e. The van der Waals surface area contributed by atoms with E-state index in [9.17, 15) is 9.59 Å². The Labute approximate surface area is 143 Å². The van der Waals surface area contributed by atoms with Gasteiger partial charge in [0.15, 0.2) is 12.4 Å². The number of rotatable bonds is 6. The van der Waals surface area contributed by atoms with Crippen molar-refractivity contribution >= 4 is 35.0 Å². The summed E-state index contributed by atoms with van der Waals surface area (Å²) in [7, 11) is 0. The van der Waals surface area contributed by atoms with Gasteiger partial charge in [-0.05, 0) is 42.8 Å². The minimum absolute atomic E-state index is 0.0344. The Kier molecular flexibility index (Phi) is 6.02. The number of carbonyl (C=O) groups excluding carboxylic acids is 1. The van der Waals surface area contributed by atoms with Gasteiger partial charge in [0.1, 0.15) is 5.75 Å². The van der Waals surface area contributed by atoms with Crippen molar-refractivity contribution in [2.24, 2.45) is 5.92 Å². The number of aliphatic carboxylic acids is 1. The van der Waals surface area contributed by atoms with Gasteiger partial charge in [-0.3, -0.25) is 4.79 Å². The molecule has 6 heteroatoms. The molecule has 23 heavy (non-hydrogen) atoms. The normalized spacial score (nSPS) is 17.6. The summed E-state index contributed by atoms with van der Waals surface area (Å²) >= 11 is 11.9. The molecular weight excluding hydrogens is 339 g/mol. The van der Waals surface area contributed by atoms with Crippen molar-refractivity contribution in [1.29, 1.82) is 0 Å². The number of ether oxygens (including phenoxy) is 1. The first kappa shape index (κ1) is 17.3. The van der Waals surface area contributed by atoms with Gasteiger partial charge < -0.3 is 9.84 Å². The van der Waals surface area contributed by atoms with Crippen LogP contribution < -0.4 is 4.74 Å². The second-order valence-corrected chi connectivity index (χ2v) is 5.77. The summed E-state index contributed by atoms with van der Waals surface area (Å²) in [5, 5.41) is 9.64. The van der Waals surface area contributed by atoms with E-state index in [4.69, 9.17) is 33.0 Å². The number of benzene rings is 1. The lowest BCUT2D eigenvalue weighted by Crippen LogP contribution is -2.09. The molecule has 1 aromatic carbocycles. The molecule has 0 radical (unpaired) electrons. The summed E-state index contributed by atoms with van der Waals surface area (Å²) in [4.78, 5) is 22.5. The fourth-order valence-corrected chi connectivity index (χ4v) is 2.36. The van der Waals surface area contributed by atoms with Crippen molar-refractivity contribution in [1.82, 2.24) is 0 Å². The van der Waals surface area contributed by atoms with Crippen LogP contribution in [0.4, 0.5) is 0 Å². The lowest BCUT2D eigenvalue weighted by molar-refractivity contribution is -0.139. The van der Waals surface area contributed by atoms with Gasteiger partial charge in [0.2, 0.25) is 0 Å². The van der Waals surface area contributed by atoms with Crippen LogP contribution in [0.3, 0.4) is 0 Å². The largest absolute Gasteiger partial charge is 0.482 e. The molecule has 4 nitrogen and oxygen atoms in total. The van der Waals surface area contributed by atoms with Crippen LogP contribution in [0.25, 0.3) is 0 Å². The quantitative estimate of drug-likeness (QED) is 0.616. The maximum Gasteiger partial charge on any atom is 0.341 e. The highest BCUT2D eigenvalue weighted by Gasteiger charge is 2.12. The van der Waals surface area contributed by atoms with Crippen molar-refractivity contribution in [2.75, 3.05) is 6.61 Å². The van der Waals surface area contributed by atoms with Gasteiger partial charge in [0.25, 0.3) is 0 Å². The molecule has 1 aliphatic rings. The molecule has 0 heterocycles. The Morgan fingerprint density at radius 2 is 1.96 bits per heavy atom. The zero-order valence-electron chi connectivity index (χ0n) is 12.0. The molecular formula is C17H14Cl2O4. The van der Waals surface area contributed by atoms with E-state index in [-0.39, 0.29) is 11.7 Å². The molecule has 1 atom stereocenters. The predicted octanol–water partition coefficient (Wildman–Crippen LogP) is 4.15. The van der Waals surface area contributed by atoms with Gasteiger partial charge >= 0.3 is 5.97 Å². The van der Waals surface area contributed by atoms with E-state index >= 15 is 0 Å². The predicted molar refractivity (Wildman–Crippen MR) is 89.0 cm³/mol. The summed E-state index contributed by atoms with van der Waals surface area (Å²) < 4.78 is 5.01. The summed E-state index contributed by atoms with van der Waals surface area (Å²) in [5.74, 6) is -0.775. The number of hydrogen-bond donors (Lipinski definition) is 1. The van der Waals surface area contributed by atoms with Crippen LogP contribution in [0.15, 0.2) is 58.6 Å². The summed E-state index contributed by atoms with van der Waals surface area (Å²) in [6, 6.07) is 6.29. The summed E-state index contributed by atoms with van der Waals surface area (Å²) in [5.41, 5.74) is 0.489. The van der Waals surface area contributed by atoms with Crippen LogP contribution >= 0.6 is 23.2 Å². The Morgan fingerprint density at radius 3 is 2.57 bits per heavy atom. The van der Waals surface area contributed by atoms with Crippen molar-refractivity contribution in [3.05, 3.63) is 64.2 Å². The van der Waals surface area contributed by atoms with Crippen molar-refractivity contribution < 1.29 is 19.4 Å². The van der Waals surface area contributed by atoms with Crippen molar-refractivity contribution in [3.8, 4) is 5.75 Å². The SMILES string of the molecule is O=C(O)COc1ccc(C(=O)C=CC2C=CC(Cl)=C(Cl)C2)cc1. The van der Waals surface area contributed by atoms with Gasteiger partial charge in [0.05, 0.1) is 5.03 Å². The number of allylic oxidation sites excluding steroid dienone is 6. The fraction of sp³-hybridized carbons (Fsp3) is 0.176. The maximum atomic E-state index is 12.1. The number of carboxylic acids is 1. The second-order valence-electron chi connectivity index (χ2n) is 4.91. The van der Waals surface area contributed by atoms with E-state index in [1.165, 1.54) is 6.08 Å². The summed E-state index contributed by atoms with van der Waals surface area (Å²) in [6.07, 6.45) is 7.45. The van der Waals surface area contributed by atoms with E-state index in [1.807, 2.05) is 6.08 Å². The Balaban J connectivity index is 1.94. The first-order chi connectivity index (χ1) is 11.0. The third kappa shape index (κ3) is 5.27. The molecule has 2 rings (SSSR count). The zero-order valence-corrected chi connectivity index (χ0v) is 13.6. The molecule has 0 aromatic heterocycles. The first-order valence-corrected chi connectivity index (χ1v) is 7.61. The van der Waals surface area contributed by atoms with Crippen LogP contribution in [0.1, 0.15) is 16.8 Å². The molecule has 0 saturated heterocycles. The lowest BCUT2D eigenvalue weighted by atomic mass is 9.99. The number of carboxylic acid groups (broad SMARTS) is 1. The van der Waals surface area contributed by atoms with E-state index in [2.05, 4.69) is 0 Å². The fourth-order valence-electron chi connectivity index (χ4n) is 1.97. The maximum absolute atomic E-state index is 12.1. The number of hydrogen-bond acceptors (Lipinski definition) is 3. The van der Waals surface area contributed by atoms with Crippen LogP contribution in [0.2, 0.25) is 0 Å². The monoisotopic (exact) mass is 352 g/mol. The molecule has 1 aromatic rings. The van der Waals surface area contributed by atoms with Gasteiger partial charge in [-0.1, -0.05) is 35.4 Å². The lowest BCUT2D eigenvalue weighted by Gasteiger charge is -2.12. The molecule has 1 N–H and O–H groups in total. The van der Waals surface area contributed by atoms with E-state index < -0.39 is 12.6 Å². The van der Waals surface area contributed by atoms with Crippen LogP contribution in [0.5, 0.6) is 5.75 Å². The number of halogens is 2. The van der Waals surface area contributed by atoms with Crippen LogP contribution in [-0.4, -0.2) is 23.5 Å². The number of carbonyl (C=O) groups is 2. The van der Waals surface area contributed by atoms with Gasteiger partial charge in [-0.15, -0.1) is 0 Å². The highest BCUT2D eigenvalue weighted by molar-refractivity contribution is 6.40. The topological polar surface area (TPSA) is 63.6 Å². The second kappa shape index (κ2) is 7.99. The molecule has 120 valence electrons. The number of ketones is 1. The average molecular weight is 353 g/mol. The third-order valence-corrected chi connectivity index (χ3v) is 3.97. The van der Waals surface area contributed by atoms with Crippen LogP contribution in [0, 0.1) is 5.92 Å². The van der Waals surface area contributed by atoms with Gasteiger partial charge in [-0.2, -0.15) is 0 Å². The molecule has 0 amide bonds. The van der Waals surface area contributed by atoms with E-state index in [0.29, 0.717) is 27.8 Å². The standard InChI is InChI=1S/C17H14Cl2O4/c18-14-7-1-11(9-15(14)19)2-8-16(20)12-3-5-13(6-4-12)23-10-17(21)22/h1-8,11H,9-10H2,(H,21,22). The molecule has 1 aliphatic carbocycles. The average Bonchev–Trinajstić information content (AvgIpc) is 2.54. The highest BCUT2D eigenvalue weighted by Crippen LogP contribution is 2.29. The third-order valence-electron chi connectivity index (χ3n) is 3.16. The Hall–Kier alpha value is -2.04. The van der Waals surface area contributed by atoms with Crippen LogP contribution in [-0.2, 0) is 4.79 Å².